The SMILES string of the molecule is CCc1ccc(OCc2ccc(Cl)cc2N(O)C(=O)OC)c(C)c1. The Morgan fingerprint density at radius 2 is 2.00 bits per heavy atom. The Bertz CT molecular complexity index is 733. The standard InChI is InChI=1S/C18H20ClNO4/c1-4-13-5-8-17(12(2)9-13)24-11-14-6-7-15(19)10-16(14)20(22)18(21)23-3/h5-10,22H,4,11H2,1-3H3. The second-order valence-corrected chi connectivity index (χ2v) is 5.73. The van der Waals surface area contributed by atoms with Gasteiger partial charge >= 0.3 is 6.09 Å². The monoisotopic (exact) mass is 349 g/mol. The van der Waals surface area contributed by atoms with Crippen LogP contribution >= 0.6 is 11.6 Å². The summed E-state index contributed by atoms with van der Waals surface area (Å²) in [5.41, 5.74) is 3.08. The fraction of sp³-hybridized carbons (Fsp3) is 0.278. The first-order chi connectivity index (χ1) is 11.5. The minimum Gasteiger partial charge on any atom is -0.489 e. The van der Waals surface area contributed by atoms with E-state index in [0.717, 1.165) is 17.7 Å². The van der Waals surface area contributed by atoms with Crippen LogP contribution in [-0.4, -0.2) is 18.4 Å². The highest BCUT2D eigenvalue weighted by atomic mass is 35.5. The van der Waals surface area contributed by atoms with Gasteiger partial charge in [-0.3, -0.25) is 5.21 Å². The number of hydrogen-bond donors (Lipinski definition) is 1. The number of nitrogens with zero attached hydrogens (tertiary/aromatic N) is 1. The lowest BCUT2D eigenvalue weighted by Gasteiger charge is -2.18. The molecule has 0 saturated heterocycles. The number of carbonyl (C=O) groups excluding carboxylic acids is 1. The second-order valence-electron chi connectivity index (χ2n) is 5.30. The lowest BCUT2D eigenvalue weighted by atomic mass is 10.1. The van der Waals surface area contributed by atoms with Crippen LogP contribution in [0.25, 0.3) is 0 Å². The lowest BCUT2D eigenvalue weighted by molar-refractivity contribution is 0.140. The molecule has 1 N–H and O–H groups in total. The average molecular weight is 350 g/mol. The third-order valence-electron chi connectivity index (χ3n) is 3.65. The highest BCUT2D eigenvalue weighted by molar-refractivity contribution is 6.31. The summed E-state index contributed by atoms with van der Waals surface area (Å²) in [6, 6.07) is 10.8. The summed E-state index contributed by atoms with van der Waals surface area (Å²) in [6.45, 7) is 4.24. The smallest absolute Gasteiger partial charge is 0.438 e. The van der Waals surface area contributed by atoms with Crippen molar-refractivity contribution in [2.24, 2.45) is 0 Å². The van der Waals surface area contributed by atoms with E-state index in [1.54, 1.807) is 12.1 Å². The number of amides is 1. The topological polar surface area (TPSA) is 59.0 Å². The average Bonchev–Trinajstić information content (AvgIpc) is 2.59. The number of hydrogen-bond acceptors (Lipinski definition) is 4. The van der Waals surface area contributed by atoms with Gasteiger partial charge in [0, 0.05) is 10.6 Å². The van der Waals surface area contributed by atoms with Crippen molar-refractivity contribution in [3.05, 3.63) is 58.1 Å². The van der Waals surface area contributed by atoms with Gasteiger partial charge in [-0.15, -0.1) is 0 Å². The molecule has 0 bridgehead atoms. The van der Waals surface area contributed by atoms with Gasteiger partial charge in [0.1, 0.15) is 12.4 Å². The highest BCUT2D eigenvalue weighted by Crippen LogP contribution is 2.27. The van der Waals surface area contributed by atoms with Gasteiger partial charge in [0.25, 0.3) is 0 Å². The maximum Gasteiger partial charge on any atom is 0.438 e. The van der Waals surface area contributed by atoms with Crippen molar-refractivity contribution in [3.63, 3.8) is 0 Å². The summed E-state index contributed by atoms with van der Waals surface area (Å²) in [4.78, 5) is 11.5. The lowest BCUT2D eigenvalue weighted by Crippen LogP contribution is -2.27. The molecule has 0 saturated carbocycles. The summed E-state index contributed by atoms with van der Waals surface area (Å²) in [5, 5.41) is 10.8. The first-order valence-electron chi connectivity index (χ1n) is 7.54. The summed E-state index contributed by atoms with van der Waals surface area (Å²) in [5.74, 6) is 0.746. The van der Waals surface area contributed by atoms with E-state index < -0.39 is 6.09 Å². The molecule has 24 heavy (non-hydrogen) atoms. The van der Waals surface area contributed by atoms with E-state index in [1.165, 1.54) is 18.7 Å². The van der Waals surface area contributed by atoms with Gasteiger partial charge in [-0.2, -0.15) is 5.06 Å². The van der Waals surface area contributed by atoms with Gasteiger partial charge in [-0.25, -0.2) is 4.79 Å². The van der Waals surface area contributed by atoms with Gasteiger partial charge in [-0.1, -0.05) is 36.7 Å². The van der Waals surface area contributed by atoms with Crippen molar-refractivity contribution in [1.82, 2.24) is 0 Å². The number of carbonyl (C=O) groups is 1. The van der Waals surface area contributed by atoms with E-state index in [4.69, 9.17) is 16.3 Å². The van der Waals surface area contributed by atoms with Crippen LogP contribution in [-0.2, 0) is 17.8 Å². The number of benzene rings is 2. The van der Waals surface area contributed by atoms with Crippen LogP contribution in [0.2, 0.25) is 5.02 Å². The van der Waals surface area contributed by atoms with Crippen LogP contribution in [0.3, 0.4) is 0 Å². The molecule has 0 unspecified atom stereocenters. The molecule has 0 aliphatic carbocycles. The largest absolute Gasteiger partial charge is 0.489 e. The first-order valence-corrected chi connectivity index (χ1v) is 7.91. The Morgan fingerprint density at radius 1 is 1.25 bits per heavy atom. The van der Waals surface area contributed by atoms with Crippen molar-refractivity contribution >= 4 is 23.4 Å². The molecule has 2 aromatic rings. The molecular weight excluding hydrogens is 330 g/mol. The molecule has 2 aromatic carbocycles. The van der Waals surface area contributed by atoms with Crippen molar-refractivity contribution in [2.45, 2.75) is 26.9 Å². The molecule has 0 aliphatic heterocycles. The zero-order valence-electron chi connectivity index (χ0n) is 13.9. The second kappa shape index (κ2) is 8.04. The minimum absolute atomic E-state index is 0.173. The third-order valence-corrected chi connectivity index (χ3v) is 3.89. The predicted octanol–water partition coefficient (Wildman–Crippen LogP) is 4.75. The van der Waals surface area contributed by atoms with Gasteiger partial charge in [0.05, 0.1) is 12.8 Å². The number of rotatable bonds is 5. The molecule has 0 aromatic heterocycles. The molecule has 0 spiro atoms. The van der Waals surface area contributed by atoms with Crippen molar-refractivity contribution in [2.75, 3.05) is 12.2 Å². The van der Waals surface area contributed by atoms with Gasteiger partial charge in [0.2, 0.25) is 0 Å². The fourth-order valence-electron chi connectivity index (χ4n) is 2.29. The van der Waals surface area contributed by atoms with E-state index in [2.05, 4.69) is 17.7 Å². The quantitative estimate of drug-likeness (QED) is 0.625. The van der Waals surface area contributed by atoms with Crippen LogP contribution in [0, 0.1) is 6.92 Å². The molecule has 6 heteroatoms. The summed E-state index contributed by atoms with van der Waals surface area (Å²) in [7, 11) is 1.19. The maximum absolute atomic E-state index is 11.5. The number of halogens is 1. The summed E-state index contributed by atoms with van der Waals surface area (Å²) in [6.07, 6.45) is 0.0584. The van der Waals surface area contributed by atoms with Crippen molar-refractivity contribution in [1.29, 1.82) is 0 Å². The van der Waals surface area contributed by atoms with Crippen LogP contribution in [0.4, 0.5) is 10.5 Å². The number of aryl methyl sites for hydroxylation is 2. The Hall–Kier alpha value is -2.24. The zero-order valence-corrected chi connectivity index (χ0v) is 14.6. The molecule has 0 radical (unpaired) electrons. The minimum atomic E-state index is -0.901. The molecule has 5 nitrogen and oxygen atoms in total. The summed E-state index contributed by atoms with van der Waals surface area (Å²) >= 11 is 5.95. The van der Waals surface area contributed by atoms with E-state index in [1.807, 2.05) is 19.1 Å². The van der Waals surface area contributed by atoms with Crippen LogP contribution in [0.1, 0.15) is 23.6 Å². The van der Waals surface area contributed by atoms with Gasteiger partial charge < -0.3 is 9.47 Å². The number of anilines is 1. The van der Waals surface area contributed by atoms with E-state index >= 15 is 0 Å². The fourth-order valence-corrected chi connectivity index (χ4v) is 2.46. The zero-order chi connectivity index (χ0) is 17.7. The molecule has 0 fully saturated rings. The van der Waals surface area contributed by atoms with Gasteiger partial charge in [0.15, 0.2) is 0 Å². The molecule has 0 heterocycles. The molecule has 0 aliphatic rings. The number of hydroxylamine groups is 1. The van der Waals surface area contributed by atoms with Crippen LogP contribution in [0.5, 0.6) is 5.75 Å². The van der Waals surface area contributed by atoms with Crippen LogP contribution in [0.15, 0.2) is 36.4 Å². The first kappa shape index (κ1) is 18.1. The maximum atomic E-state index is 11.5. The number of ether oxygens (including phenoxy) is 2. The van der Waals surface area contributed by atoms with Crippen molar-refractivity contribution < 1.29 is 19.5 Å². The molecule has 2 rings (SSSR count). The third kappa shape index (κ3) is 4.19. The van der Waals surface area contributed by atoms with E-state index in [0.29, 0.717) is 15.6 Å². The van der Waals surface area contributed by atoms with Crippen molar-refractivity contribution in [3.8, 4) is 5.75 Å². The molecule has 128 valence electrons. The van der Waals surface area contributed by atoms with Gasteiger partial charge in [-0.05, 0) is 42.7 Å². The van der Waals surface area contributed by atoms with Crippen LogP contribution < -0.4 is 9.80 Å². The Kier molecular flexibility index (Phi) is 6.06. The molecule has 1 amide bonds. The highest BCUT2D eigenvalue weighted by Gasteiger charge is 2.18. The molecular formula is C18H20ClNO4. The summed E-state index contributed by atoms with van der Waals surface area (Å²) < 4.78 is 10.4. The Morgan fingerprint density at radius 3 is 2.62 bits per heavy atom. The predicted molar refractivity (Wildman–Crippen MR) is 93.0 cm³/mol. The normalized spacial score (nSPS) is 10.4. The Labute approximate surface area is 146 Å². The molecule has 0 atom stereocenters. The number of methoxy groups -OCH3 is 1. The van der Waals surface area contributed by atoms with E-state index in [9.17, 15) is 10.0 Å². The Balaban J connectivity index is 2.22. The van der Waals surface area contributed by atoms with E-state index in [-0.39, 0.29) is 12.3 Å².